The fraction of sp³-hybridized carbons (Fsp3) is 0.286. The van der Waals surface area contributed by atoms with Gasteiger partial charge in [0.1, 0.15) is 5.58 Å². The van der Waals surface area contributed by atoms with Crippen molar-refractivity contribution in [2.75, 3.05) is 27.2 Å². The van der Waals surface area contributed by atoms with E-state index in [9.17, 15) is 9.59 Å². The van der Waals surface area contributed by atoms with Gasteiger partial charge in [-0.1, -0.05) is 18.2 Å². The number of rotatable bonds is 5. The molecule has 0 aliphatic carbocycles. The van der Waals surface area contributed by atoms with Crippen LogP contribution in [0.2, 0.25) is 0 Å². The molecule has 19 heavy (non-hydrogen) atoms. The van der Waals surface area contributed by atoms with Crippen LogP contribution in [-0.4, -0.2) is 43.8 Å². The molecule has 1 N–H and O–H groups in total. The number of hydrogen-bond acceptors (Lipinski definition) is 4. The summed E-state index contributed by atoms with van der Waals surface area (Å²) in [6, 6.07) is 9.19. The smallest absolute Gasteiger partial charge is 0.233 e. The molecule has 0 atom stereocenters. The molecule has 100 valence electrons. The monoisotopic (exact) mass is 260 g/mol. The quantitative estimate of drug-likeness (QED) is 0.823. The third-order valence-electron chi connectivity index (χ3n) is 2.81. The highest BCUT2D eigenvalue weighted by molar-refractivity contribution is 5.99. The number of nitrogens with one attached hydrogen (secondary N) is 1. The van der Waals surface area contributed by atoms with Crippen LogP contribution in [-0.2, 0) is 4.79 Å². The maximum atomic E-state index is 12.0. The predicted molar refractivity (Wildman–Crippen MR) is 72.1 cm³/mol. The Bertz CT molecular complexity index is 571. The van der Waals surface area contributed by atoms with Gasteiger partial charge in [-0.05, 0) is 19.2 Å². The van der Waals surface area contributed by atoms with Crippen molar-refractivity contribution in [1.29, 1.82) is 0 Å². The molecule has 0 spiro atoms. The summed E-state index contributed by atoms with van der Waals surface area (Å²) in [5, 5.41) is 3.42. The first-order chi connectivity index (χ1) is 9.10. The predicted octanol–water partition coefficient (Wildman–Crippen LogP) is 1.29. The molecule has 1 aromatic carbocycles. The SMILES string of the molecule is CNC(=O)CN(C)CC(=O)c1cc2ccccc2o1. The number of para-hydroxylation sites is 1. The Labute approximate surface area is 111 Å². The second-order valence-corrected chi connectivity index (χ2v) is 4.42. The van der Waals surface area contributed by atoms with E-state index in [4.69, 9.17) is 4.42 Å². The van der Waals surface area contributed by atoms with Gasteiger partial charge in [0.05, 0.1) is 13.1 Å². The maximum absolute atomic E-state index is 12.0. The molecule has 0 bridgehead atoms. The van der Waals surface area contributed by atoms with Crippen molar-refractivity contribution in [2.24, 2.45) is 0 Å². The number of carbonyl (C=O) groups is 2. The summed E-state index contributed by atoms with van der Waals surface area (Å²) < 4.78 is 5.49. The Kier molecular flexibility index (Phi) is 3.97. The van der Waals surface area contributed by atoms with Gasteiger partial charge in [-0.2, -0.15) is 0 Å². The average molecular weight is 260 g/mol. The van der Waals surface area contributed by atoms with Gasteiger partial charge in [0.15, 0.2) is 5.76 Å². The lowest BCUT2D eigenvalue weighted by Gasteiger charge is -2.13. The second-order valence-electron chi connectivity index (χ2n) is 4.42. The van der Waals surface area contributed by atoms with Crippen LogP contribution in [0.5, 0.6) is 0 Å². The summed E-state index contributed by atoms with van der Waals surface area (Å²) in [4.78, 5) is 24.9. The van der Waals surface area contributed by atoms with Crippen LogP contribution in [0, 0.1) is 0 Å². The molecule has 2 rings (SSSR count). The third-order valence-corrected chi connectivity index (χ3v) is 2.81. The lowest BCUT2D eigenvalue weighted by atomic mass is 10.2. The largest absolute Gasteiger partial charge is 0.453 e. The molecule has 0 saturated carbocycles. The molecule has 1 aromatic heterocycles. The highest BCUT2D eigenvalue weighted by Crippen LogP contribution is 2.19. The fourth-order valence-corrected chi connectivity index (χ4v) is 1.82. The summed E-state index contributed by atoms with van der Waals surface area (Å²) in [5.74, 6) is 0.0625. The first kappa shape index (κ1) is 13.3. The number of ketones is 1. The molecule has 0 fully saturated rings. The fourth-order valence-electron chi connectivity index (χ4n) is 1.82. The van der Waals surface area contributed by atoms with E-state index in [0.29, 0.717) is 11.3 Å². The zero-order chi connectivity index (χ0) is 13.8. The number of furan rings is 1. The number of fused-ring (bicyclic) bond motifs is 1. The van der Waals surface area contributed by atoms with Crippen LogP contribution in [0.1, 0.15) is 10.6 Å². The van der Waals surface area contributed by atoms with E-state index in [1.165, 1.54) is 0 Å². The number of amides is 1. The van der Waals surface area contributed by atoms with Crippen molar-refractivity contribution in [3.8, 4) is 0 Å². The molecule has 1 heterocycles. The van der Waals surface area contributed by atoms with Gasteiger partial charge >= 0.3 is 0 Å². The van der Waals surface area contributed by atoms with Crippen molar-refractivity contribution in [2.45, 2.75) is 0 Å². The van der Waals surface area contributed by atoms with Gasteiger partial charge in [-0.15, -0.1) is 0 Å². The first-order valence-electron chi connectivity index (χ1n) is 6.01. The molecule has 0 saturated heterocycles. The van der Waals surface area contributed by atoms with Gasteiger partial charge in [-0.25, -0.2) is 0 Å². The normalized spacial score (nSPS) is 10.9. The van der Waals surface area contributed by atoms with Crippen LogP contribution in [0.4, 0.5) is 0 Å². The molecule has 5 heteroatoms. The molecule has 0 aliphatic heterocycles. The molecule has 0 aliphatic rings. The van der Waals surface area contributed by atoms with E-state index < -0.39 is 0 Å². The summed E-state index contributed by atoms with van der Waals surface area (Å²) in [6.45, 7) is 0.329. The van der Waals surface area contributed by atoms with Gasteiger partial charge in [-0.3, -0.25) is 14.5 Å². The highest BCUT2D eigenvalue weighted by Gasteiger charge is 2.15. The van der Waals surface area contributed by atoms with E-state index >= 15 is 0 Å². The molecule has 1 amide bonds. The van der Waals surface area contributed by atoms with Gasteiger partial charge in [0.25, 0.3) is 0 Å². The number of likely N-dealkylation sites (N-methyl/N-ethyl adjacent to an activating group) is 2. The van der Waals surface area contributed by atoms with Crippen molar-refractivity contribution in [1.82, 2.24) is 10.2 Å². The van der Waals surface area contributed by atoms with E-state index in [1.807, 2.05) is 24.3 Å². The van der Waals surface area contributed by atoms with Gasteiger partial charge in [0.2, 0.25) is 11.7 Å². The molecule has 5 nitrogen and oxygen atoms in total. The minimum Gasteiger partial charge on any atom is -0.453 e. The Morgan fingerprint density at radius 1 is 1.26 bits per heavy atom. The zero-order valence-electron chi connectivity index (χ0n) is 11.0. The van der Waals surface area contributed by atoms with Crippen molar-refractivity contribution >= 4 is 22.7 Å². The number of benzene rings is 1. The molecular formula is C14H16N2O3. The van der Waals surface area contributed by atoms with Crippen LogP contribution in [0.3, 0.4) is 0 Å². The standard InChI is InChI=1S/C14H16N2O3/c1-15-14(18)9-16(2)8-11(17)13-7-10-5-3-4-6-12(10)19-13/h3-7H,8-9H2,1-2H3,(H,15,18). The maximum Gasteiger partial charge on any atom is 0.233 e. The van der Waals surface area contributed by atoms with Crippen molar-refractivity contribution in [3.05, 3.63) is 36.1 Å². The first-order valence-corrected chi connectivity index (χ1v) is 6.01. The molecular weight excluding hydrogens is 244 g/mol. The summed E-state index contributed by atoms with van der Waals surface area (Å²) in [7, 11) is 3.28. The van der Waals surface area contributed by atoms with E-state index in [2.05, 4.69) is 5.32 Å². The molecule has 0 unspecified atom stereocenters. The lowest BCUT2D eigenvalue weighted by molar-refractivity contribution is -0.121. The van der Waals surface area contributed by atoms with Crippen molar-refractivity contribution < 1.29 is 14.0 Å². The van der Waals surface area contributed by atoms with Gasteiger partial charge in [0, 0.05) is 12.4 Å². The lowest BCUT2D eigenvalue weighted by Crippen LogP contribution is -2.35. The zero-order valence-corrected chi connectivity index (χ0v) is 11.0. The number of Topliss-reactive ketones (excluding diaryl/α,β-unsaturated/α-hetero) is 1. The average Bonchev–Trinajstić information content (AvgIpc) is 2.82. The molecule has 2 aromatic rings. The molecule has 0 radical (unpaired) electrons. The minimum atomic E-state index is -0.136. The Hall–Kier alpha value is -2.14. The summed E-state index contributed by atoms with van der Waals surface area (Å²) >= 11 is 0. The number of carbonyl (C=O) groups excluding carboxylic acids is 2. The Morgan fingerprint density at radius 2 is 2.00 bits per heavy atom. The summed E-state index contributed by atoms with van der Waals surface area (Å²) in [6.07, 6.45) is 0. The van der Waals surface area contributed by atoms with E-state index in [1.54, 1.807) is 25.1 Å². The number of hydrogen-bond donors (Lipinski definition) is 1. The summed E-state index contributed by atoms with van der Waals surface area (Å²) in [5.41, 5.74) is 0.694. The Balaban J connectivity index is 2.05. The third kappa shape index (κ3) is 3.20. The van der Waals surface area contributed by atoms with Crippen LogP contribution in [0.15, 0.2) is 34.7 Å². The number of nitrogens with zero attached hydrogens (tertiary/aromatic N) is 1. The van der Waals surface area contributed by atoms with Gasteiger partial charge < -0.3 is 9.73 Å². The topological polar surface area (TPSA) is 62.6 Å². The second kappa shape index (κ2) is 5.67. The van der Waals surface area contributed by atoms with Crippen LogP contribution in [0.25, 0.3) is 11.0 Å². The minimum absolute atomic E-state index is 0.125. The van der Waals surface area contributed by atoms with Crippen LogP contribution < -0.4 is 5.32 Å². The van der Waals surface area contributed by atoms with E-state index in [0.717, 1.165) is 5.39 Å². The van der Waals surface area contributed by atoms with E-state index in [-0.39, 0.29) is 24.8 Å². The Morgan fingerprint density at radius 3 is 2.68 bits per heavy atom. The highest BCUT2D eigenvalue weighted by atomic mass is 16.3. The van der Waals surface area contributed by atoms with Crippen LogP contribution >= 0.6 is 0 Å². The van der Waals surface area contributed by atoms with Crippen molar-refractivity contribution in [3.63, 3.8) is 0 Å².